The summed E-state index contributed by atoms with van der Waals surface area (Å²) >= 11 is 0. The number of benzene rings is 3. The Morgan fingerprint density at radius 1 is 0.927 bits per heavy atom. The molecule has 9 heteroatoms. The Hall–Kier alpha value is -4.50. The van der Waals surface area contributed by atoms with Gasteiger partial charge in [0.2, 0.25) is 11.8 Å². The summed E-state index contributed by atoms with van der Waals surface area (Å²) in [5.41, 5.74) is 2.38. The van der Waals surface area contributed by atoms with Crippen LogP contribution < -0.4 is 10.3 Å². The van der Waals surface area contributed by atoms with Gasteiger partial charge in [-0.25, -0.2) is 4.68 Å². The van der Waals surface area contributed by atoms with Crippen LogP contribution in [0.1, 0.15) is 16.8 Å². The highest BCUT2D eigenvalue weighted by Gasteiger charge is 2.31. The number of amides is 2. The van der Waals surface area contributed by atoms with Crippen molar-refractivity contribution in [1.29, 1.82) is 0 Å². The number of hydrogen-bond donors (Lipinski definition) is 0. The van der Waals surface area contributed by atoms with Gasteiger partial charge < -0.3 is 19.3 Å². The summed E-state index contributed by atoms with van der Waals surface area (Å²) in [6.45, 7) is 2.85. The molecule has 1 atom stereocenters. The van der Waals surface area contributed by atoms with E-state index in [0.29, 0.717) is 37.2 Å². The molecule has 0 saturated carbocycles. The normalized spacial score (nSPS) is 15.7. The SMILES string of the molecule is COc1cccc(CO[C@@H]2CN(CCc3ccccc3)C(=O)CN(C(=O)Cn3nc(C)c4ccccc4c3=O)C2)c1. The maximum Gasteiger partial charge on any atom is 0.275 e. The van der Waals surface area contributed by atoms with Crippen molar-refractivity contribution in [1.82, 2.24) is 19.6 Å². The molecule has 5 rings (SSSR count). The van der Waals surface area contributed by atoms with Gasteiger partial charge in [-0.1, -0.05) is 60.7 Å². The average Bonchev–Trinajstić information content (AvgIpc) is 3.16. The van der Waals surface area contributed by atoms with E-state index in [1.165, 1.54) is 9.58 Å². The van der Waals surface area contributed by atoms with Gasteiger partial charge in [0.25, 0.3) is 5.56 Å². The van der Waals surface area contributed by atoms with Crippen LogP contribution in [0.3, 0.4) is 0 Å². The van der Waals surface area contributed by atoms with E-state index in [1.54, 1.807) is 24.1 Å². The molecule has 0 radical (unpaired) electrons. The van der Waals surface area contributed by atoms with Crippen LogP contribution >= 0.6 is 0 Å². The number of rotatable bonds is 9. The average molecular weight is 555 g/mol. The first-order valence-electron chi connectivity index (χ1n) is 13.7. The molecule has 2 amide bonds. The molecule has 3 aromatic carbocycles. The summed E-state index contributed by atoms with van der Waals surface area (Å²) in [5, 5.41) is 5.65. The largest absolute Gasteiger partial charge is 0.497 e. The number of hydrogen-bond acceptors (Lipinski definition) is 6. The third-order valence-corrected chi connectivity index (χ3v) is 7.35. The molecule has 1 aliphatic rings. The maximum atomic E-state index is 13.5. The number of nitrogens with zero attached hydrogens (tertiary/aromatic N) is 4. The molecule has 1 saturated heterocycles. The molecule has 0 bridgehead atoms. The monoisotopic (exact) mass is 554 g/mol. The van der Waals surface area contributed by atoms with Gasteiger partial charge >= 0.3 is 0 Å². The van der Waals surface area contributed by atoms with E-state index in [4.69, 9.17) is 9.47 Å². The van der Waals surface area contributed by atoms with Crippen molar-refractivity contribution in [2.24, 2.45) is 0 Å². The van der Waals surface area contributed by atoms with Crippen molar-refractivity contribution in [3.8, 4) is 5.75 Å². The fourth-order valence-corrected chi connectivity index (χ4v) is 5.12. The van der Waals surface area contributed by atoms with Crippen LogP contribution in [-0.2, 0) is 33.9 Å². The van der Waals surface area contributed by atoms with Crippen molar-refractivity contribution >= 4 is 22.6 Å². The number of carbonyl (C=O) groups excluding carboxylic acids is 2. The van der Waals surface area contributed by atoms with Crippen LogP contribution in [0.4, 0.5) is 0 Å². The highest BCUT2D eigenvalue weighted by Crippen LogP contribution is 2.17. The fraction of sp³-hybridized carbons (Fsp3) is 0.312. The fourth-order valence-electron chi connectivity index (χ4n) is 5.12. The lowest BCUT2D eigenvalue weighted by Gasteiger charge is -2.25. The van der Waals surface area contributed by atoms with Crippen LogP contribution in [0.25, 0.3) is 10.8 Å². The van der Waals surface area contributed by atoms with Crippen molar-refractivity contribution in [2.75, 3.05) is 33.3 Å². The third kappa shape index (κ3) is 6.81. The second-order valence-corrected chi connectivity index (χ2v) is 10.2. The minimum atomic E-state index is -0.421. The van der Waals surface area contributed by atoms with E-state index in [0.717, 1.165) is 22.3 Å². The van der Waals surface area contributed by atoms with Crippen LogP contribution in [0.2, 0.25) is 0 Å². The van der Waals surface area contributed by atoms with Gasteiger partial charge in [0, 0.05) is 25.0 Å². The van der Waals surface area contributed by atoms with Crippen molar-refractivity contribution < 1.29 is 19.1 Å². The summed E-state index contributed by atoms with van der Waals surface area (Å²) < 4.78 is 12.8. The first-order chi connectivity index (χ1) is 19.9. The lowest BCUT2D eigenvalue weighted by Crippen LogP contribution is -2.43. The molecule has 1 aliphatic heterocycles. The van der Waals surface area contributed by atoms with Crippen LogP contribution in [0, 0.1) is 6.92 Å². The molecule has 1 aromatic heterocycles. The zero-order valence-electron chi connectivity index (χ0n) is 23.4. The third-order valence-electron chi connectivity index (χ3n) is 7.35. The number of ether oxygens (including phenoxy) is 2. The molecule has 2 heterocycles. The minimum Gasteiger partial charge on any atom is -0.497 e. The Balaban J connectivity index is 1.35. The van der Waals surface area contributed by atoms with Gasteiger partial charge in [-0.3, -0.25) is 14.4 Å². The number of fused-ring (bicyclic) bond motifs is 1. The molecule has 212 valence electrons. The van der Waals surface area contributed by atoms with Crippen molar-refractivity contribution in [3.63, 3.8) is 0 Å². The van der Waals surface area contributed by atoms with E-state index in [2.05, 4.69) is 5.10 Å². The van der Waals surface area contributed by atoms with Gasteiger partial charge in [-0.2, -0.15) is 5.10 Å². The number of methoxy groups -OCH3 is 1. The first-order valence-corrected chi connectivity index (χ1v) is 13.7. The van der Waals surface area contributed by atoms with E-state index >= 15 is 0 Å². The Morgan fingerprint density at radius 3 is 2.44 bits per heavy atom. The topological polar surface area (TPSA) is 94.0 Å². The van der Waals surface area contributed by atoms with E-state index in [1.807, 2.05) is 73.7 Å². The van der Waals surface area contributed by atoms with Crippen molar-refractivity contribution in [3.05, 3.63) is 106 Å². The highest BCUT2D eigenvalue weighted by molar-refractivity contribution is 5.86. The molecule has 0 aliphatic carbocycles. The van der Waals surface area contributed by atoms with Gasteiger partial charge in [-0.05, 0) is 42.7 Å². The number of aromatic nitrogens is 2. The zero-order valence-corrected chi connectivity index (χ0v) is 23.4. The Kier molecular flexibility index (Phi) is 8.74. The molecule has 1 fully saturated rings. The maximum absolute atomic E-state index is 13.5. The predicted molar refractivity (Wildman–Crippen MR) is 156 cm³/mol. The van der Waals surface area contributed by atoms with Crippen LogP contribution in [-0.4, -0.2) is 70.8 Å². The summed E-state index contributed by atoms with van der Waals surface area (Å²) in [7, 11) is 1.61. The van der Waals surface area contributed by atoms with Crippen molar-refractivity contribution in [2.45, 2.75) is 32.6 Å². The molecule has 4 aromatic rings. The van der Waals surface area contributed by atoms with Crippen LogP contribution in [0.15, 0.2) is 83.7 Å². The van der Waals surface area contributed by atoms with Crippen LogP contribution in [0.5, 0.6) is 5.75 Å². The van der Waals surface area contributed by atoms with Gasteiger partial charge in [0.05, 0.1) is 37.4 Å². The highest BCUT2D eigenvalue weighted by atomic mass is 16.5. The smallest absolute Gasteiger partial charge is 0.275 e. The number of aryl methyl sites for hydroxylation is 1. The Labute approximate surface area is 238 Å². The quantitative estimate of drug-likeness (QED) is 0.316. The van der Waals surface area contributed by atoms with Gasteiger partial charge in [0.15, 0.2) is 0 Å². The van der Waals surface area contributed by atoms with Gasteiger partial charge in [0.1, 0.15) is 12.3 Å². The first kappa shape index (κ1) is 28.0. The van der Waals surface area contributed by atoms with E-state index in [9.17, 15) is 14.4 Å². The molecule has 0 unspecified atom stereocenters. The second kappa shape index (κ2) is 12.8. The minimum absolute atomic E-state index is 0.0893. The van der Waals surface area contributed by atoms with E-state index < -0.39 is 6.10 Å². The Bertz CT molecular complexity index is 1590. The molecule has 0 spiro atoms. The second-order valence-electron chi connectivity index (χ2n) is 10.2. The molecular weight excluding hydrogens is 520 g/mol. The lowest BCUT2D eigenvalue weighted by molar-refractivity contribution is -0.139. The summed E-state index contributed by atoms with van der Waals surface area (Å²) in [4.78, 5) is 43.3. The zero-order chi connectivity index (χ0) is 28.8. The van der Waals surface area contributed by atoms with Gasteiger partial charge in [-0.15, -0.1) is 0 Å². The summed E-state index contributed by atoms with van der Waals surface area (Å²) in [5.74, 6) is 0.214. The lowest BCUT2D eigenvalue weighted by atomic mass is 10.1. The molecule has 9 nitrogen and oxygen atoms in total. The predicted octanol–water partition coefficient (Wildman–Crippen LogP) is 3.21. The molecular formula is C32H34N4O5. The van der Waals surface area contributed by atoms with E-state index in [-0.39, 0.29) is 37.0 Å². The number of carbonyl (C=O) groups is 2. The Morgan fingerprint density at radius 2 is 1.66 bits per heavy atom. The summed E-state index contributed by atoms with van der Waals surface area (Å²) in [6.07, 6.45) is 0.272. The standard InChI is InChI=1S/C32H34N4O5/c1-23-28-13-6-7-14-29(28)32(39)36(33-23)21-31(38)35-19-27(41-22-25-11-8-12-26(17-25)40-2)18-34(30(37)20-35)16-15-24-9-4-3-5-10-24/h3-14,17,27H,15-16,18-22H2,1-2H3/t27-/m1/s1. The molecule has 0 N–H and O–H groups in total. The molecule has 41 heavy (non-hydrogen) atoms. The summed E-state index contributed by atoms with van der Waals surface area (Å²) in [6, 6.07) is 24.8.